The molecule has 78 valence electrons. The van der Waals surface area contributed by atoms with E-state index in [0.29, 0.717) is 6.42 Å². The van der Waals surface area contributed by atoms with Gasteiger partial charge in [0.15, 0.2) is 0 Å². The zero-order chi connectivity index (χ0) is 10.8. The molecule has 1 aromatic carbocycles. The van der Waals surface area contributed by atoms with Gasteiger partial charge in [0.2, 0.25) is 0 Å². The molecule has 3 heteroatoms. The fraction of sp³-hybridized carbons (Fsp3) is 0.417. The molecule has 0 amide bonds. The van der Waals surface area contributed by atoms with Gasteiger partial charge in [0.25, 0.3) is 0 Å². The molecule has 0 saturated carbocycles. The van der Waals surface area contributed by atoms with Crippen LogP contribution in [0.4, 0.5) is 5.69 Å². The number of hydrogen-bond acceptors (Lipinski definition) is 3. The van der Waals surface area contributed by atoms with Gasteiger partial charge in [0.1, 0.15) is 6.04 Å². The molecular formula is C12H14N2O. The number of nitriles is 1. The van der Waals surface area contributed by atoms with Gasteiger partial charge in [0, 0.05) is 17.8 Å². The van der Waals surface area contributed by atoms with E-state index in [0.717, 1.165) is 17.8 Å². The molecule has 1 N–H and O–H groups in total. The first-order valence-electron chi connectivity index (χ1n) is 5.17. The lowest BCUT2D eigenvalue weighted by Crippen LogP contribution is -2.37. The van der Waals surface area contributed by atoms with Crippen LogP contribution in [0.15, 0.2) is 24.3 Å². The van der Waals surface area contributed by atoms with Crippen molar-refractivity contribution >= 4 is 5.69 Å². The summed E-state index contributed by atoms with van der Waals surface area (Å²) in [4.78, 5) is 2.04. The van der Waals surface area contributed by atoms with Gasteiger partial charge in [-0.05, 0) is 19.4 Å². The Kier molecular flexibility index (Phi) is 2.61. The lowest BCUT2D eigenvalue weighted by Gasteiger charge is -2.35. The smallest absolute Gasteiger partial charge is 0.114 e. The number of rotatable bonds is 1. The summed E-state index contributed by atoms with van der Waals surface area (Å²) in [6, 6.07) is 9.84. The number of aliphatic hydroxyl groups is 1. The number of nitrogens with zero attached hydrogens (tertiary/aromatic N) is 2. The van der Waals surface area contributed by atoms with Crippen LogP contribution in [-0.2, 0) is 0 Å². The predicted octanol–water partition coefficient (Wildman–Crippen LogP) is 1.84. The Morgan fingerprint density at radius 3 is 3.00 bits per heavy atom. The molecule has 0 aromatic heterocycles. The number of hydrogen-bond donors (Lipinski definition) is 1. The normalized spacial score (nSPS) is 21.7. The first-order chi connectivity index (χ1) is 7.24. The van der Waals surface area contributed by atoms with Gasteiger partial charge in [-0.25, -0.2) is 0 Å². The summed E-state index contributed by atoms with van der Waals surface area (Å²) >= 11 is 0. The van der Waals surface area contributed by atoms with Crippen molar-refractivity contribution in [2.75, 3.05) is 11.4 Å². The molecule has 0 bridgehead atoms. The van der Waals surface area contributed by atoms with E-state index >= 15 is 0 Å². The summed E-state index contributed by atoms with van der Waals surface area (Å²) in [6.45, 7) is 2.63. The molecule has 1 aromatic rings. The van der Waals surface area contributed by atoms with Gasteiger partial charge < -0.3 is 10.0 Å². The van der Waals surface area contributed by atoms with E-state index in [-0.39, 0.29) is 12.1 Å². The molecular weight excluding hydrogens is 188 g/mol. The highest BCUT2D eigenvalue weighted by Crippen LogP contribution is 2.34. The van der Waals surface area contributed by atoms with Crippen LogP contribution in [0, 0.1) is 11.3 Å². The van der Waals surface area contributed by atoms with Crippen molar-refractivity contribution in [1.29, 1.82) is 5.26 Å². The molecule has 0 spiro atoms. The molecule has 1 aliphatic rings. The van der Waals surface area contributed by atoms with Crippen molar-refractivity contribution in [2.45, 2.75) is 25.5 Å². The molecule has 1 aliphatic heterocycles. The van der Waals surface area contributed by atoms with Gasteiger partial charge >= 0.3 is 0 Å². The zero-order valence-corrected chi connectivity index (χ0v) is 8.72. The number of para-hydroxylation sites is 1. The Morgan fingerprint density at radius 2 is 2.27 bits per heavy atom. The Bertz CT molecular complexity index is 397. The van der Waals surface area contributed by atoms with E-state index in [1.54, 1.807) is 0 Å². The monoisotopic (exact) mass is 202 g/mol. The van der Waals surface area contributed by atoms with Crippen LogP contribution < -0.4 is 4.90 Å². The zero-order valence-electron chi connectivity index (χ0n) is 8.72. The quantitative estimate of drug-likeness (QED) is 0.756. The Morgan fingerprint density at radius 1 is 1.53 bits per heavy atom. The van der Waals surface area contributed by atoms with Crippen LogP contribution in [0.3, 0.4) is 0 Å². The van der Waals surface area contributed by atoms with Crippen LogP contribution in [0.5, 0.6) is 0 Å². The Balaban J connectivity index is 2.41. The lowest BCUT2D eigenvalue weighted by atomic mass is 9.98. The summed E-state index contributed by atoms with van der Waals surface area (Å²) in [5.74, 6) is 0. The van der Waals surface area contributed by atoms with E-state index in [2.05, 4.69) is 6.07 Å². The standard InChI is InChI=1S/C12H14N2O/c1-9(8-13)14-7-6-12(15)10-4-2-3-5-11(10)14/h2-5,9,12,15H,6-7H2,1H3. The van der Waals surface area contributed by atoms with E-state index < -0.39 is 0 Å². The van der Waals surface area contributed by atoms with Crippen molar-refractivity contribution < 1.29 is 5.11 Å². The van der Waals surface area contributed by atoms with Crippen LogP contribution in [0.1, 0.15) is 25.0 Å². The van der Waals surface area contributed by atoms with Gasteiger partial charge in [-0.15, -0.1) is 0 Å². The number of aliphatic hydroxyl groups excluding tert-OH is 1. The van der Waals surface area contributed by atoms with Gasteiger partial charge in [0.05, 0.1) is 12.2 Å². The second-order valence-electron chi connectivity index (χ2n) is 3.86. The average molecular weight is 202 g/mol. The molecule has 0 radical (unpaired) electrons. The maximum absolute atomic E-state index is 9.82. The summed E-state index contributed by atoms with van der Waals surface area (Å²) in [6.07, 6.45) is 0.312. The van der Waals surface area contributed by atoms with E-state index in [1.807, 2.05) is 36.1 Å². The lowest BCUT2D eigenvalue weighted by molar-refractivity contribution is 0.163. The van der Waals surface area contributed by atoms with Gasteiger partial charge in [-0.2, -0.15) is 5.26 Å². The molecule has 2 unspecified atom stereocenters. The highest BCUT2D eigenvalue weighted by Gasteiger charge is 2.25. The molecule has 15 heavy (non-hydrogen) atoms. The topological polar surface area (TPSA) is 47.3 Å². The number of fused-ring (bicyclic) bond motifs is 1. The van der Waals surface area contributed by atoms with Crippen molar-refractivity contribution in [2.24, 2.45) is 0 Å². The Hall–Kier alpha value is -1.53. The van der Waals surface area contributed by atoms with Crippen molar-refractivity contribution in [3.8, 4) is 6.07 Å². The number of benzene rings is 1. The largest absolute Gasteiger partial charge is 0.388 e. The van der Waals surface area contributed by atoms with Crippen molar-refractivity contribution in [1.82, 2.24) is 0 Å². The first-order valence-corrected chi connectivity index (χ1v) is 5.17. The molecule has 2 rings (SSSR count). The predicted molar refractivity (Wildman–Crippen MR) is 58.4 cm³/mol. The van der Waals surface area contributed by atoms with Gasteiger partial charge in [-0.3, -0.25) is 0 Å². The van der Waals surface area contributed by atoms with Gasteiger partial charge in [-0.1, -0.05) is 18.2 Å². The minimum Gasteiger partial charge on any atom is -0.388 e. The van der Waals surface area contributed by atoms with Crippen LogP contribution in [0.2, 0.25) is 0 Å². The van der Waals surface area contributed by atoms with Crippen LogP contribution >= 0.6 is 0 Å². The maximum atomic E-state index is 9.82. The van der Waals surface area contributed by atoms with E-state index in [4.69, 9.17) is 5.26 Å². The van der Waals surface area contributed by atoms with Crippen LogP contribution in [-0.4, -0.2) is 17.7 Å². The van der Waals surface area contributed by atoms with E-state index in [1.165, 1.54) is 0 Å². The molecule has 0 fully saturated rings. The summed E-state index contributed by atoms with van der Waals surface area (Å²) in [5.41, 5.74) is 1.93. The highest BCUT2D eigenvalue weighted by atomic mass is 16.3. The minimum absolute atomic E-state index is 0.140. The summed E-state index contributed by atoms with van der Waals surface area (Å²) in [7, 11) is 0. The molecule has 3 nitrogen and oxygen atoms in total. The Labute approximate surface area is 89.6 Å². The number of anilines is 1. The fourth-order valence-corrected chi connectivity index (χ4v) is 2.04. The second kappa shape index (κ2) is 3.92. The molecule has 2 atom stereocenters. The second-order valence-corrected chi connectivity index (χ2v) is 3.86. The third kappa shape index (κ3) is 1.69. The minimum atomic E-state index is -0.386. The first kappa shape index (κ1) is 10.0. The third-order valence-corrected chi connectivity index (χ3v) is 2.90. The molecule has 1 heterocycles. The summed E-state index contributed by atoms with van der Waals surface area (Å²) < 4.78 is 0. The SMILES string of the molecule is CC(C#N)N1CCC(O)c2ccccc21. The van der Waals surface area contributed by atoms with Crippen LogP contribution in [0.25, 0.3) is 0 Å². The van der Waals surface area contributed by atoms with Crippen molar-refractivity contribution in [3.05, 3.63) is 29.8 Å². The molecule has 0 saturated heterocycles. The fourth-order valence-electron chi connectivity index (χ4n) is 2.04. The molecule has 0 aliphatic carbocycles. The van der Waals surface area contributed by atoms with Crippen molar-refractivity contribution in [3.63, 3.8) is 0 Å². The highest BCUT2D eigenvalue weighted by molar-refractivity contribution is 5.57. The average Bonchev–Trinajstić information content (AvgIpc) is 2.29. The third-order valence-electron chi connectivity index (χ3n) is 2.90. The van der Waals surface area contributed by atoms with E-state index in [9.17, 15) is 5.11 Å². The summed E-state index contributed by atoms with van der Waals surface area (Å²) in [5, 5.41) is 18.7. The maximum Gasteiger partial charge on any atom is 0.114 e.